The predicted octanol–water partition coefficient (Wildman–Crippen LogP) is 0.653. The number of nitrogens with zero attached hydrogens (tertiary/aromatic N) is 4. The highest BCUT2D eigenvalue weighted by molar-refractivity contribution is 6.25. The molecule has 0 saturated carbocycles. The molecule has 8 heteroatoms. The molecule has 0 atom stereocenters. The lowest BCUT2D eigenvalue weighted by Gasteiger charge is -2.37. The van der Waals surface area contributed by atoms with Gasteiger partial charge in [-0.25, -0.2) is 0 Å². The molecule has 0 aliphatic carbocycles. The van der Waals surface area contributed by atoms with Gasteiger partial charge in [0.2, 0.25) is 11.1 Å². The van der Waals surface area contributed by atoms with Crippen LogP contribution in [0, 0.1) is 0 Å². The van der Waals surface area contributed by atoms with Gasteiger partial charge in [-0.2, -0.15) is 0 Å². The number of Topliss-reactive ketones (excluding diaryl/α,β-unsaturated/α-hetero) is 4. The van der Waals surface area contributed by atoms with Crippen LogP contribution in [0.3, 0.4) is 0 Å². The molecule has 1 rings (SSSR count). The summed E-state index contributed by atoms with van der Waals surface area (Å²) in [5, 5.41) is 13.3. The van der Waals surface area contributed by atoms with Crippen molar-refractivity contribution in [1.29, 1.82) is 0 Å². The Balaban J connectivity index is 3.75. The van der Waals surface area contributed by atoms with Crippen LogP contribution in [0.15, 0.2) is 20.7 Å². The first kappa shape index (κ1) is 13.9. The van der Waals surface area contributed by atoms with Gasteiger partial charge in [0, 0.05) is 0 Å². The highest BCUT2D eigenvalue weighted by Gasteiger charge is 2.67. The SMILES string of the molecule is CC(=O)C1(C(C)=O)N=NN=NC1(C(C)=O)C(C)=O. The average Bonchev–Trinajstić information content (AvgIpc) is 2.27. The lowest BCUT2D eigenvalue weighted by molar-refractivity contribution is -0.148. The molecule has 8 nitrogen and oxygen atoms in total. The van der Waals surface area contributed by atoms with E-state index in [0.717, 1.165) is 27.7 Å². The van der Waals surface area contributed by atoms with Gasteiger partial charge in [0.1, 0.15) is 0 Å². The van der Waals surface area contributed by atoms with Crippen LogP contribution >= 0.6 is 0 Å². The third kappa shape index (κ3) is 1.45. The van der Waals surface area contributed by atoms with E-state index in [1.165, 1.54) is 0 Å². The Morgan fingerprint density at radius 1 is 0.611 bits per heavy atom. The molecule has 0 unspecified atom stereocenters. The molecule has 0 spiro atoms. The smallest absolute Gasteiger partial charge is 0.239 e. The van der Waals surface area contributed by atoms with E-state index in [1.807, 2.05) is 0 Å². The van der Waals surface area contributed by atoms with Gasteiger partial charge >= 0.3 is 0 Å². The Morgan fingerprint density at radius 3 is 1.00 bits per heavy atom. The van der Waals surface area contributed by atoms with Crippen LogP contribution in [-0.2, 0) is 19.2 Å². The molecule has 0 radical (unpaired) electrons. The lowest BCUT2D eigenvalue weighted by Crippen LogP contribution is -2.67. The van der Waals surface area contributed by atoms with Gasteiger partial charge in [-0.3, -0.25) is 19.2 Å². The van der Waals surface area contributed by atoms with E-state index in [1.54, 1.807) is 0 Å². The molecule has 0 aromatic heterocycles. The molecule has 1 heterocycles. The minimum Gasteiger partial charge on any atom is -0.297 e. The molecule has 0 aromatic rings. The number of ketones is 4. The molecule has 96 valence electrons. The van der Waals surface area contributed by atoms with E-state index in [0.29, 0.717) is 0 Å². The van der Waals surface area contributed by atoms with Crippen molar-refractivity contribution in [2.24, 2.45) is 20.7 Å². The predicted molar refractivity (Wildman–Crippen MR) is 57.9 cm³/mol. The van der Waals surface area contributed by atoms with Crippen LogP contribution in [0.4, 0.5) is 0 Å². The van der Waals surface area contributed by atoms with Crippen molar-refractivity contribution in [1.82, 2.24) is 0 Å². The second-order valence-corrected chi connectivity index (χ2v) is 4.02. The molecular weight excluding hydrogens is 240 g/mol. The summed E-state index contributed by atoms with van der Waals surface area (Å²) < 4.78 is 0. The van der Waals surface area contributed by atoms with Crippen molar-refractivity contribution in [2.45, 2.75) is 38.8 Å². The fraction of sp³-hybridized carbons (Fsp3) is 0.600. The highest BCUT2D eigenvalue weighted by Crippen LogP contribution is 2.37. The Bertz CT molecular complexity index is 432. The van der Waals surface area contributed by atoms with Crippen molar-refractivity contribution >= 4 is 23.1 Å². The summed E-state index contributed by atoms with van der Waals surface area (Å²) in [6.45, 7) is 4.23. The summed E-state index contributed by atoms with van der Waals surface area (Å²) in [6, 6.07) is 0. The summed E-state index contributed by atoms with van der Waals surface area (Å²) >= 11 is 0. The van der Waals surface area contributed by atoms with E-state index in [2.05, 4.69) is 20.7 Å². The van der Waals surface area contributed by atoms with Crippen molar-refractivity contribution in [3.8, 4) is 0 Å². The molecule has 0 aromatic carbocycles. The first-order valence-electron chi connectivity index (χ1n) is 5.11. The molecule has 0 saturated heterocycles. The van der Waals surface area contributed by atoms with Gasteiger partial charge in [-0.05, 0) is 38.1 Å². The minimum absolute atomic E-state index is 0.775. The maximum atomic E-state index is 11.8. The maximum Gasteiger partial charge on any atom is 0.239 e. The third-order valence-electron chi connectivity index (χ3n) is 2.99. The van der Waals surface area contributed by atoms with Gasteiger partial charge in [0.15, 0.2) is 23.1 Å². The van der Waals surface area contributed by atoms with Gasteiger partial charge in [-0.1, -0.05) is 0 Å². The molecule has 0 amide bonds. The molecular formula is C10H12N4O4. The number of carbonyl (C=O) groups is 4. The van der Waals surface area contributed by atoms with E-state index >= 15 is 0 Å². The minimum atomic E-state index is -2.24. The number of hydrogen-bond donors (Lipinski definition) is 0. The fourth-order valence-electron chi connectivity index (χ4n) is 2.12. The second kappa shape index (κ2) is 4.28. The molecule has 1 aliphatic heterocycles. The first-order valence-corrected chi connectivity index (χ1v) is 5.11. The second-order valence-electron chi connectivity index (χ2n) is 4.02. The van der Waals surface area contributed by atoms with Crippen LogP contribution in [0.25, 0.3) is 0 Å². The first-order chi connectivity index (χ1) is 8.23. The lowest BCUT2D eigenvalue weighted by atomic mass is 9.68. The van der Waals surface area contributed by atoms with E-state index in [-0.39, 0.29) is 0 Å². The normalized spacial score (nSPS) is 19.3. The summed E-state index contributed by atoms with van der Waals surface area (Å²) in [7, 11) is 0. The van der Waals surface area contributed by atoms with Gasteiger partial charge < -0.3 is 0 Å². The van der Waals surface area contributed by atoms with Gasteiger partial charge in [0.05, 0.1) is 0 Å². The van der Waals surface area contributed by atoms with Crippen molar-refractivity contribution in [3.05, 3.63) is 0 Å². The van der Waals surface area contributed by atoms with Crippen molar-refractivity contribution in [3.63, 3.8) is 0 Å². The molecule has 0 fully saturated rings. The number of rotatable bonds is 4. The van der Waals surface area contributed by atoms with E-state index in [4.69, 9.17) is 0 Å². The quantitative estimate of drug-likeness (QED) is 0.682. The Hall–Kier alpha value is -2.12. The monoisotopic (exact) mass is 252 g/mol. The zero-order chi connectivity index (χ0) is 14.1. The summed E-state index contributed by atoms with van der Waals surface area (Å²) in [6.07, 6.45) is 0. The summed E-state index contributed by atoms with van der Waals surface area (Å²) in [4.78, 5) is 47.2. The van der Waals surface area contributed by atoms with E-state index in [9.17, 15) is 19.2 Å². The molecule has 18 heavy (non-hydrogen) atoms. The zero-order valence-corrected chi connectivity index (χ0v) is 10.4. The number of carbonyl (C=O) groups excluding carboxylic acids is 4. The van der Waals surface area contributed by atoms with E-state index < -0.39 is 34.2 Å². The van der Waals surface area contributed by atoms with Crippen molar-refractivity contribution < 1.29 is 19.2 Å². The van der Waals surface area contributed by atoms with Gasteiger partial charge in [0.25, 0.3) is 0 Å². The number of hydrogen-bond acceptors (Lipinski definition) is 8. The van der Waals surface area contributed by atoms with Crippen LogP contribution in [0.2, 0.25) is 0 Å². The molecule has 1 aliphatic rings. The van der Waals surface area contributed by atoms with Crippen LogP contribution in [0.1, 0.15) is 27.7 Å². The largest absolute Gasteiger partial charge is 0.297 e. The Morgan fingerprint density at radius 2 is 0.833 bits per heavy atom. The van der Waals surface area contributed by atoms with Crippen LogP contribution in [-0.4, -0.2) is 34.2 Å². The Kier molecular flexibility index (Phi) is 3.32. The molecule has 0 N–H and O–H groups in total. The third-order valence-corrected chi connectivity index (χ3v) is 2.99. The highest BCUT2D eigenvalue weighted by atomic mass is 16.2. The maximum absolute atomic E-state index is 11.8. The summed E-state index contributed by atoms with van der Waals surface area (Å²) in [5.41, 5.74) is -4.49. The molecule has 0 bridgehead atoms. The van der Waals surface area contributed by atoms with Crippen LogP contribution in [0.5, 0.6) is 0 Å². The zero-order valence-electron chi connectivity index (χ0n) is 10.4. The average molecular weight is 252 g/mol. The summed E-state index contributed by atoms with van der Waals surface area (Å²) in [5.74, 6) is -3.10. The van der Waals surface area contributed by atoms with Crippen molar-refractivity contribution in [2.75, 3.05) is 0 Å². The van der Waals surface area contributed by atoms with Crippen LogP contribution < -0.4 is 0 Å². The standard InChI is InChI=1S/C10H12N4O4/c1-5(15)9(6(2)16)10(7(3)17,8(4)18)12-14-13-11-9/h1-4H3. The topological polar surface area (TPSA) is 118 Å². The van der Waals surface area contributed by atoms with Gasteiger partial charge in [-0.15, -0.1) is 10.2 Å². The Labute approximate surface area is 103 Å². The fourth-order valence-corrected chi connectivity index (χ4v) is 2.12.